The predicted molar refractivity (Wildman–Crippen MR) is 78.1 cm³/mol. The van der Waals surface area contributed by atoms with Gasteiger partial charge in [0, 0.05) is 12.0 Å². The Morgan fingerprint density at radius 1 is 1.05 bits per heavy atom. The Labute approximate surface area is 123 Å². The number of fused-ring (bicyclic) bond motifs is 1. The number of aliphatic carboxylic acids is 1. The third kappa shape index (κ3) is 3.83. The van der Waals surface area contributed by atoms with Crippen LogP contribution in [0.4, 0.5) is 0 Å². The fourth-order valence-corrected chi connectivity index (χ4v) is 2.85. The van der Waals surface area contributed by atoms with Crippen molar-refractivity contribution in [1.82, 2.24) is 0 Å². The van der Waals surface area contributed by atoms with E-state index < -0.39 is 5.97 Å². The van der Waals surface area contributed by atoms with Crippen LogP contribution in [-0.2, 0) is 4.79 Å². The van der Waals surface area contributed by atoms with Crippen molar-refractivity contribution in [3.05, 3.63) is 34.9 Å². The number of hydrogen-bond donors (Lipinski definition) is 1. The van der Waals surface area contributed by atoms with Gasteiger partial charge in [0.2, 0.25) is 0 Å². The standard InChI is InChI=1S/C10H9ClO3.C6H10/c11-8-4-2-1-3-7(8)9(12)5-6-10(13)14;1-2-6-4-3-5(1)6/h1-4H,5-6H2,(H,13,14);5-6H,1-4H2. The van der Waals surface area contributed by atoms with Gasteiger partial charge in [-0.3, -0.25) is 9.59 Å². The maximum atomic E-state index is 11.4. The third-order valence-corrected chi connectivity index (χ3v) is 4.55. The topological polar surface area (TPSA) is 54.4 Å². The molecule has 0 aliphatic heterocycles. The molecule has 2 aliphatic carbocycles. The van der Waals surface area contributed by atoms with Crippen LogP contribution in [0.15, 0.2) is 24.3 Å². The van der Waals surface area contributed by atoms with Crippen LogP contribution >= 0.6 is 11.6 Å². The van der Waals surface area contributed by atoms with Gasteiger partial charge in [-0.05, 0) is 49.7 Å². The number of carbonyl (C=O) groups is 2. The highest BCUT2D eigenvalue weighted by Gasteiger charge is 2.37. The molecule has 3 rings (SSSR count). The number of rotatable bonds is 4. The molecule has 20 heavy (non-hydrogen) atoms. The molecule has 0 aromatic heterocycles. The van der Waals surface area contributed by atoms with Crippen LogP contribution in [0.3, 0.4) is 0 Å². The van der Waals surface area contributed by atoms with Gasteiger partial charge in [-0.1, -0.05) is 23.7 Å². The Morgan fingerprint density at radius 3 is 2.00 bits per heavy atom. The van der Waals surface area contributed by atoms with Gasteiger partial charge in [-0.15, -0.1) is 0 Å². The normalized spacial score (nSPS) is 22.4. The number of carbonyl (C=O) groups excluding carboxylic acids is 1. The molecule has 3 nitrogen and oxygen atoms in total. The maximum absolute atomic E-state index is 11.4. The van der Waals surface area contributed by atoms with Gasteiger partial charge in [-0.25, -0.2) is 0 Å². The molecule has 0 heterocycles. The van der Waals surface area contributed by atoms with Crippen LogP contribution in [-0.4, -0.2) is 16.9 Å². The zero-order valence-electron chi connectivity index (χ0n) is 11.3. The summed E-state index contributed by atoms with van der Waals surface area (Å²) in [5, 5.41) is 8.76. The van der Waals surface area contributed by atoms with Gasteiger partial charge in [0.25, 0.3) is 0 Å². The van der Waals surface area contributed by atoms with Crippen molar-refractivity contribution in [2.45, 2.75) is 38.5 Å². The third-order valence-electron chi connectivity index (χ3n) is 4.22. The zero-order valence-corrected chi connectivity index (χ0v) is 12.1. The lowest BCUT2D eigenvalue weighted by Gasteiger charge is -2.46. The summed E-state index contributed by atoms with van der Waals surface area (Å²) < 4.78 is 0. The first-order valence-corrected chi connectivity index (χ1v) is 7.45. The molecule has 0 unspecified atom stereocenters. The van der Waals surface area contributed by atoms with Crippen LogP contribution in [0.1, 0.15) is 48.9 Å². The molecule has 2 fully saturated rings. The molecule has 2 aliphatic rings. The lowest BCUT2D eigenvalue weighted by Crippen LogP contribution is -2.34. The number of ketones is 1. The monoisotopic (exact) mass is 294 g/mol. The summed E-state index contributed by atoms with van der Waals surface area (Å²) in [6.07, 6.45) is 6.06. The number of halogens is 1. The summed E-state index contributed by atoms with van der Waals surface area (Å²) in [6, 6.07) is 6.61. The minimum absolute atomic E-state index is 0.0148. The van der Waals surface area contributed by atoms with Gasteiger partial charge in [0.15, 0.2) is 5.78 Å². The van der Waals surface area contributed by atoms with Crippen LogP contribution < -0.4 is 0 Å². The number of benzene rings is 1. The van der Waals surface area contributed by atoms with Crippen molar-refractivity contribution >= 4 is 23.4 Å². The van der Waals surface area contributed by atoms with Gasteiger partial charge in [-0.2, -0.15) is 0 Å². The minimum atomic E-state index is -0.981. The van der Waals surface area contributed by atoms with Crippen LogP contribution in [0.5, 0.6) is 0 Å². The highest BCUT2D eigenvalue weighted by Crippen LogP contribution is 2.49. The van der Waals surface area contributed by atoms with Gasteiger partial charge < -0.3 is 5.11 Å². The molecule has 1 aromatic carbocycles. The smallest absolute Gasteiger partial charge is 0.303 e. The highest BCUT2D eigenvalue weighted by atomic mass is 35.5. The highest BCUT2D eigenvalue weighted by molar-refractivity contribution is 6.33. The molecule has 2 saturated carbocycles. The molecular weight excluding hydrogens is 276 g/mol. The van der Waals surface area contributed by atoms with E-state index in [4.69, 9.17) is 16.7 Å². The second kappa shape index (κ2) is 6.89. The average molecular weight is 295 g/mol. The van der Waals surface area contributed by atoms with E-state index in [1.165, 1.54) is 11.8 Å². The number of Topliss-reactive ketones (excluding diaryl/α,β-unsaturated/α-hetero) is 1. The van der Waals surface area contributed by atoms with Crippen molar-refractivity contribution < 1.29 is 14.7 Å². The molecule has 0 saturated heterocycles. The van der Waals surface area contributed by atoms with E-state index in [0.717, 1.165) is 0 Å². The van der Waals surface area contributed by atoms with Crippen molar-refractivity contribution in [3.63, 3.8) is 0 Å². The molecule has 108 valence electrons. The Morgan fingerprint density at radius 2 is 1.60 bits per heavy atom. The molecule has 0 spiro atoms. The summed E-state index contributed by atoms with van der Waals surface area (Å²) >= 11 is 5.77. The zero-order chi connectivity index (χ0) is 14.5. The molecular formula is C16H19ClO3. The summed E-state index contributed by atoms with van der Waals surface area (Å²) in [5.74, 6) is 1.21. The van der Waals surface area contributed by atoms with E-state index in [1.807, 2.05) is 0 Å². The van der Waals surface area contributed by atoms with E-state index in [1.54, 1.807) is 49.9 Å². The average Bonchev–Trinajstić information content (AvgIpc) is 2.41. The second-order valence-electron chi connectivity index (χ2n) is 5.47. The Hall–Kier alpha value is -1.35. The van der Waals surface area contributed by atoms with Gasteiger partial charge in [0.1, 0.15) is 0 Å². The van der Waals surface area contributed by atoms with Crippen LogP contribution in [0.25, 0.3) is 0 Å². The second-order valence-corrected chi connectivity index (χ2v) is 5.88. The fraction of sp³-hybridized carbons (Fsp3) is 0.500. The molecule has 1 N–H and O–H groups in total. The fourth-order valence-electron chi connectivity index (χ4n) is 2.61. The van der Waals surface area contributed by atoms with Crippen LogP contribution in [0.2, 0.25) is 5.02 Å². The first-order valence-electron chi connectivity index (χ1n) is 7.07. The number of carboxylic acid groups (broad SMARTS) is 1. The first-order chi connectivity index (χ1) is 9.58. The summed E-state index contributed by atoms with van der Waals surface area (Å²) in [4.78, 5) is 21.7. The quantitative estimate of drug-likeness (QED) is 0.847. The molecule has 0 amide bonds. The van der Waals surface area contributed by atoms with E-state index in [0.29, 0.717) is 10.6 Å². The SMILES string of the molecule is C1CC2CCC12.O=C(O)CCC(=O)c1ccccc1Cl. The van der Waals surface area contributed by atoms with E-state index >= 15 is 0 Å². The molecule has 0 atom stereocenters. The Kier molecular flexibility index (Phi) is 5.18. The van der Waals surface area contributed by atoms with Crippen molar-refractivity contribution in [2.75, 3.05) is 0 Å². The largest absolute Gasteiger partial charge is 0.481 e. The Balaban J connectivity index is 0.000000198. The van der Waals surface area contributed by atoms with E-state index in [-0.39, 0.29) is 18.6 Å². The molecule has 0 bridgehead atoms. The first kappa shape index (κ1) is 15.0. The number of hydrogen-bond acceptors (Lipinski definition) is 2. The van der Waals surface area contributed by atoms with Crippen molar-refractivity contribution in [2.24, 2.45) is 11.8 Å². The minimum Gasteiger partial charge on any atom is -0.481 e. The molecule has 1 aromatic rings. The molecule has 4 heteroatoms. The maximum Gasteiger partial charge on any atom is 0.303 e. The van der Waals surface area contributed by atoms with Crippen LogP contribution in [0, 0.1) is 11.8 Å². The van der Waals surface area contributed by atoms with Gasteiger partial charge in [0.05, 0.1) is 11.4 Å². The molecule has 0 radical (unpaired) electrons. The summed E-state index contributed by atoms with van der Waals surface area (Å²) in [7, 11) is 0. The van der Waals surface area contributed by atoms with Crippen molar-refractivity contribution in [3.8, 4) is 0 Å². The van der Waals surface area contributed by atoms with E-state index in [9.17, 15) is 9.59 Å². The predicted octanol–water partition coefficient (Wildman–Crippen LogP) is 4.19. The Bertz CT molecular complexity index is 480. The summed E-state index contributed by atoms with van der Waals surface area (Å²) in [5.41, 5.74) is 0.385. The van der Waals surface area contributed by atoms with Crippen molar-refractivity contribution in [1.29, 1.82) is 0 Å². The van der Waals surface area contributed by atoms with E-state index in [2.05, 4.69) is 0 Å². The lowest BCUT2D eigenvalue weighted by atomic mass is 9.60. The number of carboxylic acids is 1. The van der Waals surface area contributed by atoms with Gasteiger partial charge >= 0.3 is 5.97 Å². The lowest BCUT2D eigenvalue weighted by molar-refractivity contribution is -0.136. The summed E-state index contributed by atoms with van der Waals surface area (Å²) in [6.45, 7) is 0.